The van der Waals surface area contributed by atoms with Crippen LogP contribution < -0.4 is 5.32 Å². The molecule has 1 N–H and O–H groups in total. The van der Waals surface area contributed by atoms with Crippen molar-refractivity contribution < 1.29 is 9.59 Å². The van der Waals surface area contributed by atoms with Gasteiger partial charge in [-0.3, -0.25) is 14.5 Å². The maximum Gasteiger partial charge on any atom is 0.234 e. The number of rotatable bonds is 6. The molecule has 5 nitrogen and oxygen atoms in total. The highest BCUT2D eigenvalue weighted by Crippen LogP contribution is 2.24. The zero-order valence-corrected chi connectivity index (χ0v) is 16.1. The maximum atomic E-state index is 12.4. The lowest BCUT2D eigenvalue weighted by Crippen LogP contribution is -2.45. The second-order valence-corrected chi connectivity index (χ2v) is 7.66. The van der Waals surface area contributed by atoms with E-state index in [1.807, 2.05) is 16.8 Å². The minimum absolute atomic E-state index is 0.0238. The molecule has 1 aromatic carbocycles. The monoisotopic (exact) mass is 345 g/mol. The number of likely N-dealkylation sites (tertiary alicyclic amines) is 1. The summed E-state index contributed by atoms with van der Waals surface area (Å²) >= 11 is 0. The number of carbonyl (C=O) groups excluding carboxylic acids is 2. The molecule has 2 rings (SSSR count). The number of benzene rings is 1. The van der Waals surface area contributed by atoms with Gasteiger partial charge >= 0.3 is 0 Å². The molecule has 1 fully saturated rings. The predicted octanol–water partition coefficient (Wildman–Crippen LogP) is 2.05. The van der Waals surface area contributed by atoms with Crippen LogP contribution in [0.4, 0.5) is 0 Å². The molecule has 25 heavy (non-hydrogen) atoms. The second-order valence-electron chi connectivity index (χ2n) is 7.66. The fraction of sp³-hybridized carbons (Fsp3) is 0.600. The Kier molecular flexibility index (Phi) is 6.59. The fourth-order valence-electron chi connectivity index (χ4n) is 3.47. The third-order valence-corrected chi connectivity index (χ3v) is 5.00. The minimum Gasteiger partial charge on any atom is -0.350 e. The summed E-state index contributed by atoms with van der Waals surface area (Å²) < 4.78 is 0. The van der Waals surface area contributed by atoms with Crippen LogP contribution in [0.5, 0.6) is 0 Å². The molecular weight excluding hydrogens is 314 g/mol. The summed E-state index contributed by atoms with van der Waals surface area (Å²) in [6, 6.07) is 8.42. The van der Waals surface area contributed by atoms with E-state index in [4.69, 9.17) is 0 Å². The summed E-state index contributed by atoms with van der Waals surface area (Å²) in [5, 5.41) is 3.15. The third kappa shape index (κ3) is 5.56. The van der Waals surface area contributed by atoms with Crippen LogP contribution in [0.3, 0.4) is 0 Å². The lowest BCUT2D eigenvalue weighted by Gasteiger charge is -2.24. The van der Waals surface area contributed by atoms with Crippen molar-refractivity contribution in [2.24, 2.45) is 11.8 Å². The number of amides is 2. The molecule has 1 saturated heterocycles. The number of carbonyl (C=O) groups is 2. The molecule has 2 amide bonds. The minimum atomic E-state index is 0.0238. The summed E-state index contributed by atoms with van der Waals surface area (Å²) in [5.41, 5.74) is 2.43. The lowest BCUT2D eigenvalue weighted by molar-refractivity contribution is -0.128. The van der Waals surface area contributed by atoms with Gasteiger partial charge in [0.05, 0.1) is 12.6 Å². The molecule has 0 aromatic heterocycles. The topological polar surface area (TPSA) is 52.7 Å². The fourth-order valence-corrected chi connectivity index (χ4v) is 3.47. The van der Waals surface area contributed by atoms with E-state index >= 15 is 0 Å². The molecule has 0 radical (unpaired) electrons. The first kappa shape index (κ1) is 19.4. The number of hydrogen-bond acceptors (Lipinski definition) is 3. The molecule has 0 saturated carbocycles. The van der Waals surface area contributed by atoms with Crippen molar-refractivity contribution in [3.05, 3.63) is 35.4 Å². The van der Waals surface area contributed by atoms with Crippen molar-refractivity contribution in [3.8, 4) is 0 Å². The Hall–Kier alpha value is -1.88. The Morgan fingerprint density at radius 2 is 1.88 bits per heavy atom. The van der Waals surface area contributed by atoms with Crippen LogP contribution >= 0.6 is 0 Å². The Balaban J connectivity index is 1.87. The summed E-state index contributed by atoms with van der Waals surface area (Å²) in [4.78, 5) is 28.0. The Bertz CT molecular complexity index is 597. The Morgan fingerprint density at radius 3 is 2.44 bits per heavy atom. The summed E-state index contributed by atoms with van der Waals surface area (Å²) in [5.74, 6) is 0.852. The molecule has 1 aliphatic rings. The molecular formula is C20H31N3O2. The van der Waals surface area contributed by atoms with Gasteiger partial charge in [0, 0.05) is 32.5 Å². The molecule has 138 valence electrons. The molecule has 0 bridgehead atoms. The quantitative estimate of drug-likeness (QED) is 0.858. The van der Waals surface area contributed by atoms with Crippen molar-refractivity contribution in [3.63, 3.8) is 0 Å². The predicted molar refractivity (Wildman–Crippen MR) is 100 cm³/mol. The SMILES string of the molecule is CC(=O)N1C[C@H](NC(=O)CN(C)Cc2ccc(C)cc2)[C@@H](C(C)C)C1. The van der Waals surface area contributed by atoms with Crippen LogP contribution in [0.25, 0.3) is 0 Å². The van der Waals surface area contributed by atoms with E-state index in [9.17, 15) is 9.59 Å². The number of nitrogens with zero attached hydrogens (tertiary/aromatic N) is 2. The van der Waals surface area contributed by atoms with Crippen LogP contribution in [0, 0.1) is 18.8 Å². The standard InChI is InChI=1S/C20H31N3O2/c1-14(2)18-11-23(16(4)24)12-19(18)21-20(25)13-22(5)10-17-8-6-15(3)7-9-17/h6-9,14,18-19H,10-13H2,1-5H3,(H,21,25)/t18-,19+/m1/s1. The molecule has 1 aromatic rings. The molecule has 5 heteroatoms. The highest BCUT2D eigenvalue weighted by atomic mass is 16.2. The van der Waals surface area contributed by atoms with Gasteiger partial charge < -0.3 is 10.2 Å². The van der Waals surface area contributed by atoms with Gasteiger partial charge in [0.25, 0.3) is 0 Å². The first-order valence-electron chi connectivity index (χ1n) is 9.05. The van der Waals surface area contributed by atoms with E-state index in [1.165, 1.54) is 11.1 Å². The lowest BCUT2D eigenvalue weighted by atomic mass is 9.91. The Labute approximate surface area is 151 Å². The van der Waals surface area contributed by atoms with Crippen molar-refractivity contribution in [2.75, 3.05) is 26.7 Å². The van der Waals surface area contributed by atoms with Crippen LogP contribution in [-0.4, -0.2) is 54.3 Å². The molecule has 0 spiro atoms. The average molecular weight is 345 g/mol. The van der Waals surface area contributed by atoms with Gasteiger partial charge in [-0.15, -0.1) is 0 Å². The van der Waals surface area contributed by atoms with Gasteiger partial charge in [0.2, 0.25) is 11.8 Å². The van der Waals surface area contributed by atoms with Gasteiger partial charge in [-0.2, -0.15) is 0 Å². The van der Waals surface area contributed by atoms with Crippen LogP contribution in [0.2, 0.25) is 0 Å². The summed E-state index contributed by atoms with van der Waals surface area (Å²) in [6.45, 7) is 10.4. The van der Waals surface area contributed by atoms with E-state index in [0.717, 1.165) is 13.1 Å². The Morgan fingerprint density at radius 1 is 1.24 bits per heavy atom. The van der Waals surface area contributed by atoms with Crippen molar-refractivity contribution in [1.82, 2.24) is 15.1 Å². The highest BCUT2D eigenvalue weighted by Gasteiger charge is 2.36. The zero-order valence-electron chi connectivity index (χ0n) is 16.1. The normalized spacial score (nSPS) is 20.4. The summed E-state index contributed by atoms with van der Waals surface area (Å²) in [7, 11) is 1.95. The number of hydrogen-bond donors (Lipinski definition) is 1. The number of aryl methyl sites for hydroxylation is 1. The van der Waals surface area contributed by atoms with Gasteiger partial charge in [-0.05, 0) is 25.5 Å². The zero-order chi connectivity index (χ0) is 18.6. The summed E-state index contributed by atoms with van der Waals surface area (Å²) in [6.07, 6.45) is 0. The van der Waals surface area contributed by atoms with E-state index in [-0.39, 0.29) is 17.9 Å². The van der Waals surface area contributed by atoms with Crippen molar-refractivity contribution >= 4 is 11.8 Å². The van der Waals surface area contributed by atoms with Crippen molar-refractivity contribution in [2.45, 2.75) is 40.3 Å². The molecule has 2 atom stereocenters. The molecule has 1 aliphatic heterocycles. The van der Waals surface area contributed by atoms with E-state index in [2.05, 4.69) is 50.4 Å². The van der Waals surface area contributed by atoms with Crippen LogP contribution in [0.1, 0.15) is 31.9 Å². The highest BCUT2D eigenvalue weighted by molar-refractivity contribution is 5.79. The van der Waals surface area contributed by atoms with Crippen LogP contribution in [0.15, 0.2) is 24.3 Å². The van der Waals surface area contributed by atoms with Crippen molar-refractivity contribution in [1.29, 1.82) is 0 Å². The number of likely N-dealkylation sites (N-methyl/N-ethyl adjacent to an activating group) is 1. The van der Waals surface area contributed by atoms with Gasteiger partial charge in [0.1, 0.15) is 0 Å². The smallest absolute Gasteiger partial charge is 0.234 e. The van der Waals surface area contributed by atoms with Gasteiger partial charge in [-0.25, -0.2) is 0 Å². The third-order valence-electron chi connectivity index (χ3n) is 5.00. The van der Waals surface area contributed by atoms with E-state index < -0.39 is 0 Å². The average Bonchev–Trinajstić information content (AvgIpc) is 2.93. The van der Waals surface area contributed by atoms with Gasteiger partial charge in [-0.1, -0.05) is 43.7 Å². The number of nitrogens with one attached hydrogen (secondary N) is 1. The second kappa shape index (κ2) is 8.48. The largest absolute Gasteiger partial charge is 0.350 e. The van der Waals surface area contributed by atoms with E-state index in [0.29, 0.717) is 24.9 Å². The molecule has 1 heterocycles. The molecule has 0 aliphatic carbocycles. The molecule has 0 unspecified atom stereocenters. The maximum absolute atomic E-state index is 12.4. The van der Waals surface area contributed by atoms with Crippen LogP contribution in [-0.2, 0) is 16.1 Å². The first-order chi connectivity index (χ1) is 11.8. The van der Waals surface area contributed by atoms with Gasteiger partial charge in [0.15, 0.2) is 0 Å². The van der Waals surface area contributed by atoms with E-state index in [1.54, 1.807) is 6.92 Å². The first-order valence-corrected chi connectivity index (χ1v) is 9.05.